The maximum atomic E-state index is 13.0. The molecule has 1 fully saturated rings. The fraction of sp³-hybridized carbons (Fsp3) is 0.409. The molecule has 1 aliphatic heterocycles. The first-order valence-corrected chi connectivity index (χ1v) is 11.7. The third-order valence-corrected chi connectivity index (χ3v) is 6.81. The second kappa shape index (κ2) is 9.89. The average Bonchev–Trinajstić information content (AvgIpc) is 3.07. The van der Waals surface area contributed by atoms with Crippen molar-refractivity contribution in [3.8, 4) is 5.75 Å². The van der Waals surface area contributed by atoms with E-state index < -0.39 is 9.84 Å². The molecule has 0 saturated carbocycles. The Morgan fingerprint density at radius 2 is 1.72 bits per heavy atom. The lowest BCUT2D eigenvalue weighted by Crippen LogP contribution is -2.45. The molecular formula is C22H28N2O4S. The number of para-hydroxylation sites is 1. The van der Waals surface area contributed by atoms with Gasteiger partial charge in [-0.15, -0.1) is 0 Å². The van der Waals surface area contributed by atoms with Crippen molar-refractivity contribution in [2.75, 3.05) is 38.2 Å². The quantitative estimate of drug-likeness (QED) is 0.627. The van der Waals surface area contributed by atoms with E-state index in [0.717, 1.165) is 11.3 Å². The maximum Gasteiger partial charge on any atom is 0.237 e. The summed E-state index contributed by atoms with van der Waals surface area (Å²) in [6, 6.07) is 19.0. The molecular weight excluding hydrogens is 388 g/mol. The summed E-state index contributed by atoms with van der Waals surface area (Å²) in [7, 11) is -1.19. The predicted molar refractivity (Wildman–Crippen MR) is 113 cm³/mol. The number of benzene rings is 2. The van der Waals surface area contributed by atoms with Crippen molar-refractivity contribution in [3.63, 3.8) is 0 Å². The summed E-state index contributed by atoms with van der Waals surface area (Å²) >= 11 is 0. The molecule has 6 nitrogen and oxygen atoms in total. The van der Waals surface area contributed by atoms with Crippen molar-refractivity contribution in [1.29, 1.82) is 0 Å². The number of hydrogen-bond acceptors (Lipinski definition) is 5. The zero-order chi connectivity index (χ0) is 20.7. The second-order valence-electron chi connectivity index (χ2n) is 7.46. The van der Waals surface area contributed by atoms with Gasteiger partial charge in [-0.25, -0.2) is 8.42 Å². The van der Waals surface area contributed by atoms with Gasteiger partial charge >= 0.3 is 0 Å². The SMILES string of the molecule is CN(CCOc1ccccc1)CC(=O)N(Cc1ccccc1)[C@H]1CCS(=O)(=O)C1. The fourth-order valence-corrected chi connectivity index (χ4v) is 5.19. The number of sulfone groups is 1. The highest BCUT2D eigenvalue weighted by atomic mass is 32.2. The van der Waals surface area contributed by atoms with Gasteiger partial charge < -0.3 is 9.64 Å². The molecule has 29 heavy (non-hydrogen) atoms. The van der Waals surface area contributed by atoms with E-state index in [0.29, 0.717) is 26.1 Å². The second-order valence-corrected chi connectivity index (χ2v) is 9.69. The van der Waals surface area contributed by atoms with Crippen LogP contribution in [0.5, 0.6) is 5.75 Å². The van der Waals surface area contributed by atoms with Crippen molar-refractivity contribution in [2.45, 2.75) is 19.0 Å². The van der Waals surface area contributed by atoms with Crippen molar-refractivity contribution in [1.82, 2.24) is 9.80 Å². The van der Waals surface area contributed by atoms with E-state index in [1.807, 2.05) is 72.6 Å². The van der Waals surface area contributed by atoms with E-state index in [1.54, 1.807) is 4.90 Å². The topological polar surface area (TPSA) is 66.9 Å². The monoisotopic (exact) mass is 416 g/mol. The zero-order valence-electron chi connectivity index (χ0n) is 16.7. The Kier molecular flexibility index (Phi) is 7.28. The average molecular weight is 417 g/mol. The molecule has 156 valence electrons. The standard InChI is InChI=1S/C22H28N2O4S/c1-23(13-14-28-21-10-6-3-7-11-21)17-22(25)24(16-19-8-4-2-5-9-19)20-12-15-29(26,27)18-20/h2-11,20H,12-18H2,1H3/t20-/m0/s1. The van der Waals surface area contributed by atoms with Gasteiger partial charge in [0.15, 0.2) is 9.84 Å². The van der Waals surface area contributed by atoms with Crippen LogP contribution in [0.2, 0.25) is 0 Å². The van der Waals surface area contributed by atoms with Gasteiger partial charge in [0.05, 0.1) is 18.1 Å². The molecule has 0 N–H and O–H groups in total. The van der Waals surface area contributed by atoms with E-state index >= 15 is 0 Å². The molecule has 1 amide bonds. The summed E-state index contributed by atoms with van der Waals surface area (Å²) in [6.45, 7) is 1.73. The molecule has 2 aromatic rings. The van der Waals surface area contributed by atoms with Gasteiger partial charge in [0.2, 0.25) is 5.91 Å². The third-order valence-electron chi connectivity index (χ3n) is 5.06. The molecule has 1 aliphatic rings. The van der Waals surface area contributed by atoms with Crippen molar-refractivity contribution < 1.29 is 17.9 Å². The summed E-state index contributed by atoms with van der Waals surface area (Å²) in [5.41, 5.74) is 1.00. The van der Waals surface area contributed by atoms with Crippen molar-refractivity contribution in [2.24, 2.45) is 0 Å². The van der Waals surface area contributed by atoms with Crippen molar-refractivity contribution >= 4 is 15.7 Å². The maximum absolute atomic E-state index is 13.0. The minimum atomic E-state index is -3.07. The van der Waals surface area contributed by atoms with Crippen LogP contribution in [0, 0.1) is 0 Å². The first-order valence-electron chi connectivity index (χ1n) is 9.83. The highest BCUT2D eigenvalue weighted by molar-refractivity contribution is 7.91. The Morgan fingerprint density at radius 1 is 1.07 bits per heavy atom. The molecule has 7 heteroatoms. The van der Waals surface area contributed by atoms with Crippen molar-refractivity contribution in [3.05, 3.63) is 66.2 Å². The number of rotatable bonds is 9. The lowest BCUT2D eigenvalue weighted by Gasteiger charge is -2.30. The van der Waals surface area contributed by atoms with Gasteiger partial charge in [-0.3, -0.25) is 9.69 Å². The first-order chi connectivity index (χ1) is 13.9. The van der Waals surface area contributed by atoms with Crippen LogP contribution in [0.1, 0.15) is 12.0 Å². The minimum Gasteiger partial charge on any atom is -0.492 e. The van der Waals surface area contributed by atoms with Crippen LogP contribution in [-0.4, -0.2) is 68.4 Å². The number of amides is 1. The number of likely N-dealkylation sites (N-methyl/N-ethyl adjacent to an activating group) is 1. The molecule has 0 bridgehead atoms. The zero-order valence-corrected chi connectivity index (χ0v) is 17.6. The summed E-state index contributed by atoms with van der Waals surface area (Å²) in [5, 5.41) is 0. The Bertz CT molecular complexity index is 888. The summed E-state index contributed by atoms with van der Waals surface area (Å²) in [6.07, 6.45) is 0.502. The molecule has 0 radical (unpaired) electrons. The molecule has 0 aliphatic carbocycles. The number of hydrogen-bond donors (Lipinski definition) is 0. The highest BCUT2D eigenvalue weighted by Crippen LogP contribution is 2.20. The van der Waals surface area contributed by atoms with E-state index in [9.17, 15) is 13.2 Å². The van der Waals surface area contributed by atoms with Crippen LogP contribution in [0.3, 0.4) is 0 Å². The van der Waals surface area contributed by atoms with Gasteiger partial charge in [-0.1, -0.05) is 48.5 Å². The molecule has 0 spiro atoms. The number of ether oxygens (including phenoxy) is 1. The first kappa shape index (κ1) is 21.3. The summed E-state index contributed by atoms with van der Waals surface area (Å²) in [5.74, 6) is 0.941. The van der Waals surface area contributed by atoms with E-state index in [1.165, 1.54) is 0 Å². The Labute approximate surface area is 173 Å². The Hall–Kier alpha value is -2.38. The number of carbonyl (C=O) groups is 1. The minimum absolute atomic E-state index is 0.0480. The smallest absolute Gasteiger partial charge is 0.237 e. The number of carbonyl (C=O) groups excluding carboxylic acids is 1. The molecule has 0 unspecified atom stereocenters. The Morgan fingerprint density at radius 3 is 2.34 bits per heavy atom. The van der Waals surface area contributed by atoms with Crippen LogP contribution in [0.15, 0.2) is 60.7 Å². The number of nitrogens with zero attached hydrogens (tertiary/aromatic N) is 2. The van der Waals surface area contributed by atoms with Crippen LogP contribution >= 0.6 is 0 Å². The Balaban J connectivity index is 1.58. The van der Waals surface area contributed by atoms with Gasteiger partial charge in [0.25, 0.3) is 0 Å². The van der Waals surface area contributed by atoms with E-state index in [2.05, 4.69) is 0 Å². The molecule has 3 rings (SSSR count). The lowest BCUT2D eigenvalue weighted by atomic mass is 10.1. The highest BCUT2D eigenvalue weighted by Gasteiger charge is 2.34. The molecule has 1 atom stereocenters. The van der Waals surface area contributed by atoms with E-state index in [4.69, 9.17) is 4.74 Å². The molecule has 0 aromatic heterocycles. The normalized spacial score (nSPS) is 17.9. The lowest BCUT2D eigenvalue weighted by molar-refractivity contribution is -0.134. The summed E-state index contributed by atoms with van der Waals surface area (Å²) < 4.78 is 29.6. The van der Waals surface area contributed by atoms with Crippen LogP contribution in [0.25, 0.3) is 0 Å². The largest absolute Gasteiger partial charge is 0.492 e. The van der Waals surface area contributed by atoms with Crippen LogP contribution < -0.4 is 4.74 Å². The van der Waals surface area contributed by atoms with Gasteiger partial charge in [-0.05, 0) is 31.2 Å². The molecule has 2 aromatic carbocycles. The van der Waals surface area contributed by atoms with Crippen LogP contribution in [0.4, 0.5) is 0 Å². The van der Waals surface area contributed by atoms with Crippen LogP contribution in [-0.2, 0) is 21.2 Å². The molecule has 1 heterocycles. The summed E-state index contributed by atoms with van der Waals surface area (Å²) in [4.78, 5) is 16.7. The van der Waals surface area contributed by atoms with Gasteiger partial charge in [0.1, 0.15) is 12.4 Å². The predicted octanol–water partition coefficient (Wildman–Crippen LogP) is 2.21. The van der Waals surface area contributed by atoms with E-state index in [-0.39, 0.29) is 30.0 Å². The molecule has 1 saturated heterocycles. The van der Waals surface area contributed by atoms with Gasteiger partial charge in [0, 0.05) is 19.1 Å². The fourth-order valence-electron chi connectivity index (χ4n) is 3.46. The van der Waals surface area contributed by atoms with Gasteiger partial charge in [-0.2, -0.15) is 0 Å². The third kappa shape index (κ3) is 6.58.